The van der Waals surface area contributed by atoms with Gasteiger partial charge in [-0.25, -0.2) is 14.2 Å². The van der Waals surface area contributed by atoms with Gasteiger partial charge in [0.2, 0.25) is 17.7 Å². The normalized spacial score (nSPS) is 18.1. The second-order valence-corrected chi connectivity index (χ2v) is 17.8. The fraction of sp³-hybridized carbons (Fsp3) is 0.587. The number of aryl methyl sites for hydroxylation is 1. The molecular weight excluding hydrogens is 858 g/mol. The molecule has 0 saturated carbocycles. The van der Waals surface area contributed by atoms with E-state index in [0.717, 1.165) is 53.5 Å². The number of carbonyl (C=O) groups is 4. The lowest BCUT2D eigenvalue weighted by atomic mass is 10.0. The Labute approximate surface area is 385 Å². The van der Waals surface area contributed by atoms with E-state index in [1.54, 1.807) is 17.0 Å². The molecule has 0 spiro atoms. The Balaban J connectivity index is 0.717. The van der Waals surface area contributed by atoms with E-state index in [9.17, 15) is 23.6 Å². The fourth-order valence-corrected chi connectivity index (χ4v) is 9.49. The summed E-state index contributed by atoms with van der Waals surface area (Å²) in [5.74, 6) is 1.92. The molecule has 2 saturated heterocycles. The summed E-state index contributed by atoms with van der Waals surface area (Å²) >= 11 is 1.89. The topological polar surface area (TPSA) is 212 Å². The molecule has 2 fully saturated rings. The Hall–Kier alpha value is -4.79. The number of halogens is 1. The first-order chi connectivity index (χ1) is 31.6. The van der Waals surface area contributed by atoms with Crippen LogP contribution in [-0.2, 0) is 46.4 Å². The molecule has 4 heterocycles. The van der Waals surface area contributed by atoms with Crippen molar-refractivity contribution >= 4 is 47.0 Å². The van der Waals surface area contributed by atoms with Crippen molar-refractivity contribution in [1.29, 1.82) is 0 Å². The summed E-state index contributed by atoms with van der Waals surface area (Å²) in [5.41, 5.74) is 9.87. The van der Waals surface area contributed by atoms with Gasteiger partial charge in [0, 0.05) is 61.3 Å². The van der Waals surface area contributed by atoms with Gasteiger partial charge in [0.25, 0.3) is 0 Å². The fourth-order valence-electron chi connectivity index (χ4n) is 7.94. The van der Waals surface area contributed by atoms with Crippen LogP contribution in [0.5, 0.6) is 0 Å². The average Bonchev–Trinajstić information content (AvgIpc) is 3.98. The average molecular weight is 924 g/mol. The van der Waals surface area contributed by atoms with Gasteiger partial charge in [-0.1, -0.05) is 24.1 Å². The van der Waals surface area contributed by atoms with Crippen molar-refractivity contribution in [3.63, 3.8) is 0 Å². The SMILES string of the molecule is Cc1ccc(Nc2c(-c3ccc(F)cc3)nc3n2CCN(C(=O)[C@@H](N)CCCCNC(=O)CCOCCOCCOCCOCCNC(=O)CCCCC2SCC4NC(=O)NC42)C3)cc1. The van der Waals surface area contributed by atoms with Crippen LogP contribution in [0.1, 0.15) is 62.8 Å². The third-order valence-electron chi connectivity index (χ3n) is 11.5. The van der Waals surface area contributed by atoms with Crippen LogP contribution in [0.15, 0.2) is 48.5 Å². The molecule has 65 heavy (non-hydrogen) atoms. The maximum Gasteiger partial charge on any atom is 0.315 e. The predicted molar refractivity (Wildman–Crippen MR) is 247 cm³/mol. The Morgan fingerprint density at radius 2 is 1.51 bits per heavy atom. The number of rotatable bonds is 29. The Bertz CT molecular complexity index is 1970. The smallest absolute Gasteiger partial charge is 0.315 e. The maximum atomic E-state index is 13.8. The van der Waals surface area contributed by atoms with E-state index in [-0.39, 0.29) is 54.7 Å². The predicted octanol–water partition coefficient (Wildman–Crippen LogP) is 4.00. The van der Waals surface area contributed by atoms with Crippen LogP contribution < -0.4 is 32.3 Å². The first kappa shape index (κ1) is 49.6. The van der Waals surface area contributed by atoms with Gasteiger partial charge in [0.15, 0.2) is 0 Å². The Kier molecular flexibility index (Phi) is 20.1. The number of carbonyl (C=O) groups excluding carboxylic acids is 4. The summed E-state index contributed by atoms with van der Waals surface area (Å²) in [5, 5.41) is 15.7. The molecule has 3 aliphatic rings. The van der Waals surface area contributed by atoms with Gasteiger partial charge in [-0.2, -0.15) is 11.8 Å². The van der Waals surface area contributed by atoms with E-state index in [1.165, 1.54) is 12.1 Å². The second-order valence-electron chi connectivity index (χ2n) is 16.5. The number of aromatic nitrogens is 2. The summed E-state index contributed by atoms with van der Waals surface area (Å²) in [7, 11) is 0. The number of imidazole rings is 1. The van der Waals surface area contributed by atoms with Crippen molar-refractivity contribution in [3.8, 4) is 11.3 Å². The number of hydrogen-bond acceptors (Lipinski definition) is 12. The van der Waals surface area contributed by atoms with E-state index < -0.39 is 6.04 Å². The molecule has 17 nitrogen and oxygen atoms in total. The number of thioether (sulfide) groups is 1. The van der Waals surface area contributed by atoms with Crippen LogP contribution in [0.3, 0.4) is 0 Å². The highest BCUT2D eigenvalue weighted by molar-refractivity contribution is 8.00. The van der Waals surface area contributed by atoms with Gasteiger partial charge in [-0.05, 0) is 75.4 Å². The molecule has 5 amide bonds. The number of nitrogens with two attached hydrogens (primary N) is 1. The molecule has 4 atom stereocenters. The summed E-state index contributed by atoms with van der Waals surface area (Å²) in [6.45, 7) is 7.43. The van der Waals surface area contributed by atoms with Crippen LogP contribution in [0, 0.1) is 12.7 Å². The second kappa shape index (κ2) is 26.4. The van der Waals surface area contributed by atoms with Crippen LogP contribution >= 0.6 is 11.8 Å². The largest absolute Gasteiger partial charge is 0.379 e. The Morgan fingerprint density at radius 1 is 0.831 bits per heavy atom. The number of hydrogen-bond donors (Lipinski definition) is 6. The summed E-state index contributed by atoms with van der Waals surface area (Å²) in [6.07, 6.45) is 5.37. The molecule has 3 aliphatic heterocycles. The molecule has 7 N–H and O–H groups in total. The summed E-state index contributed by atoms with van der Waals surface area (Å²) < 4.78 is 37.9. The molecule has 19 heteroatoms. The number of anilines is 2. The van der Waals surface area contributed by atoms with Crippen molar-refractivity contribution in [2.45, 2.75) is 94.8 Å². The summed E-state index contributed by atoms with van der Waals surface area (Å²) in [4.78, 5) is 55.9. The molecule has 2 aromatic carbocycles. The third kappa shape index (κ3) is 16.0. The standard InChI is InChI=1S/C46H66FN9O8S/c1-32-9-15-35(16-10-32)51-44-42(33-11-13-34(47)14-12-33)53-39-30-55(20-21-56(39)44)45(59)36(48)6-4-5-18-49-41(58)17-22-61-24-26-63-28-29-64-27-25-62-23-19-50-40(57)8-3-2-7-38-43-37(31-65-38)52-46(60)54-43/h9-16,36-38,43,51H,2-8,17-31,48H2,1H3,(H,49,58)(H,50,57)(H2,52,54,60)/t36-,37?,38?,43?/m0/s1. The molecule has 0 aliphatic carbocycles. The van der Waals surface area contributed by atoms with Gasteiger partial charge in [-0.15, -0.1) is 0 Å². The van der Waals surface area contributed by atoms with Crippen molar-refractivity contribution in [2.24, 2.45) is 5.73 Å². The van der Waals surface area contributed by atoms with Crippen LogP contribution in [0.25, 0.3) is 11.3 Å². The minimum atomic E-state index is -0.664. The minimum Gasteiger partial charge on any atom is -0.379 e. The van der Waals surface area contributed by atoms with E-state index >= 15 is 0 Å². The minimum absolute atomic E-state index is 0.0232. The van der Waals surface area contributed by atoms with Crippen molar-refractivity contribution in [2.75, 3.05) is 83.6 Å². The zero-order valence-corrected chi connectivity index (χ0v) is 38.3. The first-order valence-corrected chi connectivity index (χ1v) is 24.0. The highest BCUT2D eigenvalue weighted by Gasteiger charge is 2.42. The molecule has 0 radical (unpaired) electrons. The monoisotopic (exact) mass is 923 g/mol. The lowest BCUT2D eigenvalue weighted by molar-refractivity contribution is -0.134. The van der Waals surface area contributed by atoms with E-state index in [4.69, 9.17) is 29.7 Å². The van der Waals surface area contributed by atoms with Crippen LogP contribution in [0.2, 0.25) is 0 Å². The zero-order chi connectivity index (χ0) is 45.8. The first-order valence-electron chi connectivity index (χ1n) is 22.9. The Morgan fingerprint density at radius 3 is 2.25 bits per heavy atom. The number of benzene rings is 2. The van der Waals surface area contributed by atoms with Gasteiger partial charge in [0.1, 0.15) is 23.2 Å². The van der Waals surface area contributed by atoms with Crippen LogP contribution in [-0.4, -0.2) is 140 Å². The molecule has 356 valence electrons. The molecule has 1 aromatic heterocycles. The highest BCUT2D eigenvalue weighted by Crippen LogP contribution is 2.35. The molecule has 0 bridgehead atoms. The van der Waals surface area contributed by atoms with Crippen molar-refractivity contribution in [1.82, 2.24) is 35.7 Å². The van der Waals surface area contributed by atoms with Gasteiger partial charge in [-0.3, -0.25) is 14.4 Å². The zero-order valence-electron chi connectivity index (χ0n) is 37.5. The van der Waals surface area contributed by atoms with E-state index in [2.05, 4.69) is 31.2 Å². The number of nitrogens with zero attached hydrogens (tertiary/aromatic N) is 3. The van der Waals surface area contributed by atoms with E-state index in [0.29, 0.717) is 116 Å². The van der Waals surface area contributed by atoms with Crippen molar-refractivity contribution < 1.29 is 42.5 Å². The lowest BCUT2D eigenvalue weighted by Gasteiger charge is -2.30. The number of amides is 5. The number of unbranched alkanes of at least 4 members (excludes halogenated alkanes) is 2. The quantitative estimate of drug-likeness (QED) is 0.0431. The molecule has 3 aromatic rings. The summed E-state index contributed by atoms with van der Waals surface area (Å²) in [6, 6.07) is 14.0. The highest BCUT2D eigenvalue weighted by atomic mass is 32.2. The maximum absolute atomic E-state index is 13.8. The molecule has 3 unspecified atom stereocenters. The molecular formula is C46H66FN9O8S. The van der Waals surface area contributed by atoms with E-state index in [1.807, 2.05) is 43.0 Å². The van der Waals surface area contributed by atoms with Gasteiger partial charge < -0.3 is 60.7 Å². The van der Waals surface area contributed by atoms with Crippen LogP contribution in [0.4, 0.5) is 20.7 Å². The lowest BCUT2D eigenvalue weighted by Crippen LogP contribution is -2.47. The number of fused-ring (bicyclic) bond motifs is 2. The molecule has 6 rings (SSSR count). The van der Waals surface area contributed by atoms with Gasteiger partial charge in [0.05, 0.1) is 77.5 Å². The number of ether oxygens (including phenoxy) is 4. The third-order valence-corrected chi connectivity index (χ3v) is 13.0. The van der Waals surface area contributed by atoms with Crippen molar-refractivity contribution in [3.05, 3.63) is 65.7 Å². The number of nitrogens with one attached hydrogen (secondary N) is 5. The number of urea groups is 1. The van der Waals surface area contributed by atoms with Gasteiger partial charge >= 0.3 is 6.03 Å².